The predicted molar refractivity (Wildman–Crippen MR) is 75.5 cm³/mol. The Morgan fingerprint density at radius 3 is 2.94 bits per heavy atom. The van der Waals surface area contributed by atoms with Crippen molar-refractivity contribution >= 4 is 15.9 Å². The molecule has 1 fully saturated rings. The van der Waals surface area contributed by atoms with Crippen molar-refractivity contribution in [3.8, 4) is 0 Å². The van der Waals surface area contributed by atoms with Gasteiger partial charge in [-0.05, 0) is 42.2 Å². The Morgan fingerprint density at radius 1 is 1.67 bits per heavy atom. The van der Waals surface area contributed by atoms with Gasteiger partial charge in [0.05, 0.1) is 35.1 Å². The van der Waals surface area contributed by atoms with Gasteiger partial charge in [0.15, 0.2) is 0 Å². The van der Waals surface area contributed by atoms with Gasteiger partial charge in [0.2, 0.25) is 0 Å². The van der Waals surface area contributed by atoms with Crippen LogP contribution in [0.3, 0.4) is 0 Å². The van der Waals surface area contributed by atoms with E-state index < -0.39 is 0 Å². The van der Waals surface area contributed by atoms with E-state index >= 15 is 0 Å². The fourth-order valence-corrected chi connectivity index (χ4v) is 3.23. The maximum Gasteiger partial charge on any atom is 0.0696 e. The third kappa shape index (κ3) is 2.95. The predicted octanol–water partition coefficient (Wildman–Crippen LogP) is 2.65. The largest absolute Gasteiger partial charge is 0.378 e. The summed E-state index contributed by atoms with van der Waals surface area (Å²) in [6, 6.07) is 0.316. The minimum absolute atomic E-state index is 0.316. The maximum absolute atomic E-state index is 5.72. The molecule has 102 valence electrons. The average molecular weight is 316 g/mol. The number of aryl methyl sites for hydroxylation is 1. The number of ether oxygens (including phenoxy) is 1. The van der Waals surface area contributed by atoms with Crippen molar-refractivity contribution in [1.29, 1.82) is 0 Å². The van der Waals surface area contributed by atoms with Gasteiger partial charge in [0.1, 0.15) is 0 Å². The van der Waals surface area contributed by atoms with E-state index in [1.165, 1.54) is 5.69 Å². The van der Waals surface area contributed by atoms with E-state index in [2.05, 4.69) is 40.2 Å². The van der Waals surface area contributed by atoms with Crippen LogP contribution in [0.4, 0.5) is 0 Å². The number of hydrogen-bond acceptors (Lipinski definition) is 3. The summed E-state index contributed by atoms with van der Waals surface area (Å²) in [5.41, 5.74) is 1.23. The van der Waals surface area contributed by atoms with Crippen molar-refractivity contribution in [3.05, 3.63) is 16.4 Å². The summed E-state index contributed by atoms with van der Waals surface area (Å²) in [4.78, 5) is 0. The van der Waals surface area contributed by atoms with Crippen LogP contribution in [0, 0.1) is 5.92 Å². The van der Waals surface area contributed by atoms with Crippen molar-refractivity contribution in [2.75, 3.05) is 13.2 Å². The van der Waals surface area contributed by atoms with Crippen LogP contribution in [0.5, 0.6) is 0 Å². The number of nitrogens with zero attached hydrogens (tertiary/aromatic N) is 2. The van der Waals surface area contributed by atoms with E-state index in [1.54, 1.807) is 0 Å². The average Bonchev–Trinajstić information content (AvgIpc) is 2.90. The summed E-state index contributed by atoms with van der Waals surface area (Å²) in [6.45, 7) is 6.19. The van der Waals surface area contributed by atoms with Crippen molar-refractivity contribution in [3.63, 3.8) is 0 Å². The molecule has 1 aliphatic rings. The van der Waals surface area contributed by atoms with E-state index in [4.69, 9.17) is 4.74 Å². The second-order valence-electron chi connectivity index (χ2n) is 5.07. The normalized spacial score (nSPS) is 25.6. The van der Waals surface area contributed by atoms with Gasteiger partial charge in [0.25, 0.3) is 0 Å². The molecule has 1 N–H and O–H groups in total. The van der Waals surface area contributed by atoms with Crippen LogP contribution in [0.25, 0.3) is 0 Å². The summed E-state index contributed by atoms with van der Waals surface area (Å²) in [5, 5.41) is 7.97. The van der Waals surface area contributed by atoms with Crippen molar-refractivity contribution in [2.24, 2.45) is 13.0 Å². The van der Waals surface area contributed by atoms with Crippen LogP contribution < -0.4 is 5.32 Å². The molecule has 0 spiro atoms. The van der Waals surface area contributed by atoms with Crippen LogP contribution in [-0.4, -0.2) is 29.0 Å². The Morgan fingerprint density at radius 2 is 2.44 bits per heavy atom. The lowest BCUT2D eigenvalue weighted by atomic mass is 9.94. The second kappa shape index (κ2) is 6.17. The monoisotopic (exact) mass is 315 g/mol. The van der Waals surface area contributed by atoms with Crippen LogP contribution in [0.1, 0.15) is 38.4 Å². The topological polar surface area (TPSA) is 39.1 Å². The number of rotatable bonds is 5. The standard InChI is InChI=1S/C13H22BrN3O/c1-4-5-15-12(10-6-9(2)18-8-10)13-11(14)7-16-17(13)3/h7,9-10,12,15H,4-6,8H2,1-3H3. The molecule has 1 aromatic rings. The first-order valence-corrected chi connectivity index (χ1v) is 7.45. The smallest absolute Gasteiger partial charge is 0.0696 e. The molecule has 2 rings (SSSR count). The molecule has 5 heteroatoms. The second-order valence-corrected chi connectivity index (χ2v) is 5.93. The molecule has 18 heavy (non-hydrogen) atoms. The molecule has 0 aliphatic carbocycles. The quantitative estimate of drug-likeness (QED) is 0.908. The molecule has 0 saturated carbocycles. The van der Waals surface area contributed by atoms with Gasteiger partial charge in [-0.3, -0.25) is 4.68 Å². The molecule has 1 aromatic heterocycles. The molecule has 0 amide bonds. The number of hydrogen-bond donors (Lipinski definition) is 1. The minimum Gasteiger partial charge on any atom is -0.378 e. The van der Waals surface area contributed by atoms with E-state index in [0.717, 1.165) is 30.5 Å². The van der Waals surface area contributed by atoms with Crippen LogP contribution in [0.2, 0.25) is 0 Å². The van der Waals surface area contributed by atoms with E-state index in [0.29, 0.717) is 18.1 Å². The Hall–Kier alpha value is -0.390. The fourth-order valence-electron chi connectivity index (χ4n) is 2.64. The summed E-state index contributed by atoms with van der Waals surface area (Å²) >= 11 is 3.61. The van der Waals surface area contributed by atoms with E-state index in [-0.39, 0.29) is 0 Å². The highest BCUT2D eigenvalue weighted by Crippen LogP contribution is 2.34. The Kier molecular flexibility index (Phi) is 4.81. The zero-order valence-electron chi connectivity index (χ0n) is 11.3. The van der Waals surface area contributed by atoms with E-state index in [9.17, 15) is 0 Å². The highest BCUT2D eigenvalue weighted by Gasteiger charge is 2.33. The number of halogens is 1. The van der Waals surface area contributed by atoms with Crippen LogP contribution in [0.15, 0.2) is 10.7 Å². The van der Waals surface area contributed by atoms with Crippen molar-refractivity contribution in [2.45, 2.75) is 38.8 Å². The van der Waals surface area contributed by atoms with Crippen LogP contribution >= 0.6 is 15.9 Å². The molecule has 0 bridgehead atoms. The summed E-state index contributed by atoms with van der Waals surface area (Å²) in [6.07, 6.45) is 4.48. The molecular weight excluding hydrogens is 294 g/mol. The molecule has 3 unspecified atom stereocenters. The van der Waals surface area contributed by atoms with Gasteiger partial charge in [-0.25, -0.2) is 0 Å². The summed E-state index contributed by atoms with van der Waals surface area (Å²) < 4.78 is 8.76. The lowest BCUT2D eigenvalue weighted by Gasteiger charge is -2.24. The SMILES string of the molecule is CCCNC(c1c(Br)cnn1C)C1COC(C)C1. The highest BCUT2D eigenvalue weighted by molar-refractivity contribution is 9.10. The van der Waals surface area contributed by atoms with Crippen molar-refractivity contribution in [1.82, 2.24) is 15.1 Å². The summed E-state index contributed by atoms with van der Waals surface area (Å²) in [7, 11) is 2.00. The molecule has 0 radical (unpaired) electrons. The maximum atomic E-state index is 5.72. The van der Waals surface area contributed by atoms with Gasteiger partial charge in [-0.2, -0.15) is 5.10 Å². The third-order valence-electron chi connectivity index (χ3n) is 3.55. The molecule has 4 nitrogen and oxygen atoms in total. The van der Waals surface area contributed by atoms with Crippen molar-refractivity contribution < 1.29 is 4.74 Å². The lowest BCUT2D eigenvalue weighted by molar-refractivity contribution is 0.116. The Labute approximate surface area is 117 Å². The number of aromatic nitrogens is 2. The van der Waals surface area contributed by atoms with Gasteiger partial charge < -0.3 is 10.1 Å². The Bertz CT molecular complexity index is 374. The number of nitrogens with one attached hydrogen (secondary N) is 1. The first kappa shape index (κ1) is 14.0. The lowest BCUT2D eigenvalue weighted by Crippen LogP contribution is -2.31. The highest BCUT2D eigenvalue weighted by atomic mass is 79.9. The van der Waals surface area contributed by atoms with Gasteiger partial charge in [0, 0.05) is 13.0 Å². The first-order valence-electron chi connectivity index (χ1n) is 6.65. The Balaban J connectivity index is 2.19. The summed E-state index contributed by atoms with van der Waals surface area (Å²) in [5.74, 6) is 0.526. The van der Waals surface area contributed by atoms with Gasteiger partial charge in [-0.15, -0.1) is 0 Å². The van der Waals surface area contributed by atoms with Gasteiger partial charge in [-0.1, -0.05) is 6.92 Å². The fraction of sp³-hybridized carbons (Fsp3) is 0.769. The zero-order chi connectivity index (χ0) is 13.1. The molecule has 3 atom stereocenters. The molecule has 1 saturated heterocycles. The molecule has 1 aliphatic heterocycles. The minimum atomic E-state index is 0.316. The molecule has 0 aromatic carbocycles. The van der Waals surface area contributed by atoms with Gasteiger partial charge >= 0.3 is 0 Å². The molecular formula is C13H22BrN3O. The molecule has 2 heterocycles. The van der Waals surface area contributed by atoms with Crippen LogP contribution in [-0.2, 0) is 11.8 Å². The zero-order valence-corrected chi connectivity index (χ0v) is 12.9. The first-order chi connectivity index (χ1) is 8.63. The van der Waals surface area contributed by atoms with E-state index in [1.807, 2.05) is 17.9 Å². The third-order valence-corrected chi connectivity index (χ3v) is 4.16.